The fourth-order valence-corrected chi connectivity index (χ4v) is 3.79. The number of amides is 1. The third-order valence-corrected chi connectivity index (χ3v) is 5.32. The molecule has 3 rings (SSSR count). The smallest absolute Gasteiger partial charge is 0.271 e. The van der Waals surface area contributed by atoms with E-state index in [2.05, 4.69) is 15.4 Å². The Balaban J connectivity index is 1.76. The number of nitrogens with zero attached hydrogens (tertiary/aromatic N) is 3. The van der Waals surface area contributed by atoms with Crippen LogP contribution in [0.1, 0.15) is 40.4 Å². The second-order valence-electron chi connectivity index (χ2n) is 5.95. The van der Waals surface area contributed by atoms with Crippen LogP contribution in [0.2, 0.25) is 5.02 Å². The number of carbonyl (C=O) groups is 1. The summed E-state index contributed by atoms with van der Waals surface area (Å²) < 4.78 is 1.83. The van der Waals surface area contributed by atoms with Crippen molar-refractivity contribution in [3.8, 4) is 10.6 Å². The average Bonchev–Trinajstić information content (AvgIpc) is 3.14. The van der Waals surface area contributed by atoms with Crippen LogP contribution in [0, 0.1) is 13.8 Å². The van der Waals surface area contributed by atoms with Crippen molar-refractivity contribution in [2.24, 2.45) is 7.05 Å². The van der Waals surface area contributed by atoms with E-state index in [0.717, 1.165) is 27.5 Å². The lowest BCUT2D eigenvalue weighted by molar-refractivity contribution is 0.0935. The first-order valence-corrected chi connectivity index (χ1v) is 9.15. The standard InChI is InChI=1S/C18H19ClN4OS/c1-10(16-11(2)22-23(4)12(16)3)20-17(24)15-9-25-18(21-15)13-5-7-14(19)8-6-13/h5-10H,1-4H3,(H,20,24). The van der Waals surface area contributed by atoms with Crippen molar-refractivity contribution < 1.29 is 4.79 Å². The number of nitrogens with one attached hydrogen (secondary N) is 1. The third-order valence-electron chi connectivity index (χ3n) is 4.17. The van der Waals surface area contributed by atoms with Crippen molar-refractivity contribution in [3.05, 3.63) is 57.3 Å². The summed E-state index contributed by atoms with van der Waals surface area (Å²) in [5.74, 6) is -0.188. The van der Waals surface area contributed by atoms with E-state index in [1.165, 1.54) is 11.3 Å². The van der Waals surface area contributed by atoms with Gasteiger partial charge in [-0.05, 0) is 32.9 Å². The van der Waals surface area contributed by atoms with E-state index < -0.39 is 0 Å². The first kappa shape index (κ1) is 17.6. The van der Waals surface area contributed by atoms with Gasteiger partial charge in [0.15, 0.2) is 0 Å². The van der Waals surface area contributed by atoms with Crippen molar-refractivity contribution in [1.29, 1.82) is 0 Å². The molecule has 25 heavy (non-hydrogen) atoms. The van der Waals surface area contributed by atoms with Gasteiger partial charge in [0.1, 0.15) is 10.7 Å². The highest BCUT2D eigenvalue weighted by atomic mass is 35.5. The highest BCUT2D eigenvalue weighted by Crippen LogP contribution is 2.26. The molecule has 0 aliphatic heterocycles. The van der Waals surface area contributed by atoms with Gasteiger partial charge in [0.05, 0.1) is 11.7 Å². The molecule has 0 aliphatic carbocycles. The molecule has 1 N–H and O–H groups in total. The largest absolute Gasteiger partial charge is 0.344 e. The molecule has 0 radical (unpaired) electrons. The van der Waals surface area contributed by atoms with E-state index in [1.54, 1.807) is 5.38 Å². The molecule has 1 atom stereocenters. The Morgan fingerprint density at radius 1 is 1.28 bits per heavy atom. The molecule has 5 nitrogen and oxygen atoms in total. The summed E-state index contributed by atoms with van der Waals surface area (Å²) in [7, 11) is 1.90. The molecule has 2 heterocycles. The molecule has 1 unspecified atom stereocenters. The van der Waals surface area contributed by atoms with Gasteiger partial charge >= 0.3 is 0 Å². The second kappa shape index (κ2) is 6.98. The summed E-state index contributed by atoms with van der Waals surface area (Å²) >= 11 is 7.35. The minimum absolute atomic E-state index is 0.137. The number of aromatic nitrogens is 3. The molecule has 0 bridgehead atoms. The number of benzene rings is 1. The van der Waals surface area contributed by atoms with Gasteiger partial charge in [-0.1, -0.05) is 23.7 Å². The molecule has 7 heteroatoms. The first-order chi connectivity index (χ1) is 11.9. The molecule has 0 saturated carbocycles. The van der Waals surface area contributed by atoms with E-state index in [9.17, 15) is 4.79 Å². The topological polar surface area (TPSA) is 59.8 Å². The van der Waals surface area contributed by atoms with Crippen LogP contribution in [-0.2, 0) is 7.05 Å². The van der Waals surface area contributed by atoms with Crippen molar-refractivity contribution in [1.82, 2.24) is 20.1 Å². The van der Waals surface area contributed by atoms with Gasteiger partial charge in [-0.25, -0.2) is 4.98 Å². The molecular weight excluding hydrogens is 356 g/mol. The van der Waals surface area contributed by atoms with Crippen molar-refractivity contribution in [3.63, 3.8) is 0 Å². The van der Waals surface area contributed by atoms with Crippen LogP contribution in [0.25, 0.3) is 10.6 Å². The summed E-state index contributed by atoms with van der Waals surface area (Å²) in [4.78, 5) is 17.0. The molecule has 0 saturated heterocycles. The Morgan fingerprint density at radius 2 is 1.96 bits per heavy atom. The zero-order chi connectivity index (χ0) is 18.1. The number of thiazole rings is 1. The maximum atomic E-state index is 12.5. The fraction of sp³-hybridized carbons (Fsp3) is 0.278. The maximum absolute atomic E-state index is 12.5. The summed E-state index contributed by atoms with van der Waals surface area (Å²) in [5, 5.41) is 10.7. The van der Waals surface area contributed by atoms with Crippen molar-refractivity contribution in [2.75, 3.05) is 0 Å². The molecule has 0 aliphatic rings. The molecule has 0 fully saturated rings. The van der Waals surface area contributed by atoms with E-state index >= 15 is 0 Å². The van der Waals surface area contributed by atoms with Crippen molar-refractivity contribution in [2.45, 2.75) is 26.8 Å². The maximum Gasteiger partial charge on any atom is 0.271 e. The molecule has 3 aromatic rings. The summed E-state index contributed by atoms with van der Waals surface area (Å²) in [6.07, 6.45) is 0. The average molecular weight is 375 g/mol. The number of halogens is 1. The normalized spacial score (nSPS) is 12.2. The number of hydrogen-bond acceptors (Lipinski definition) is 4. The zero-order valence-corrected chi connectivity index (χ0v) is 16.1. The van der Waals surface area contributed by atoms with Gasteiger partial charge in [-0.2, -0.15) is 5.10 Å². The van der Waals surface area contributed by atoms with Crippen LogP contribution in [0.3, 0.4) is 0 Å². The summed E-state index contributed by atoms with van der Waals surface area (Å²) in [6.45, 7) is 5.91. The lowest BCUT2D eigenvalue weighted by atomic mass is 10.1. The van der Waals surface area contributed by atoms with Gasteiger partial charge in [0.25, 0.3) is 5.91 Å². The van der Waals surface area contributed by atoms with Gasteiger partial charge in [-0.15, -0.1) is 11.3 Å². The van der Waals surface area contributed by atoms with Gasteiger partial charge in [-0.3, -0.25) is 9.48 Å². The van der Waals surface area contributed by atoms with E-state index in [4.69, 9.17) is 11.6 Å². The number of aryl methyl sites for hydroxylation is 2. The number of hydrogen-bond donors (Lipinski definition) is 1. The van der Waals surface area contributed by atoms with Gasteiger partial charge in [0, 0.05) is 34.3 Å². The second-order valence-corrected chi connectivity index (χ2v) is 7.24. The molecular formula is C18H19ClN4OS. The van der Waals surface area contributed by atoms with Crippen LogP contribution in [0.5, 0.6) is 0 Å². The van der Waals surface area contributed by atoms with E-state index in [0.29, 0.717) is 10.7 Å². The third kappa shape index (κ3) is 3.60. The Morgan fingerprint density at radius 3 is 2.56 bits per heavy atom. The fourth-order valence-electron chi connectivity index (χ4n) is 2.86. The minimum atomic E-state index is -0.188. The highest BCUT2D eigenvalue weighted by Gasteiger charge is 2.20. The summed E-state index contributed by atoms with van der Waals surface area (Å²) in [6, 6.07) is 7.28. The Kier molecular flexibility index (Phi) is 4.92. The Hall–Kier alpha value is -2.18. The number of carbonyl (C=O) groups excluding carboxylic acids is 1. The van der Waals surface area contributed by atoms with Gasteiger partial charge < -0.3 is 5.32 Å². The van der Waals surface area contributed by atoms with Crippen molar-refractivity contribution >= 4 is 28.8 Å². The van der Waals surface area contributed by atoms with Gasteiger partial charge in [0.2, 0.25) is 0 Å². The predicted molar refractivity (Wildman–Crippen MR) is 101 cm³/mol. The SMILES string of the molecule is Cc1nn(C)c(C)c1C(C)NC(=O)c1csc(-c2ccc(Cl)cc2)n1. The van der Waals surface area contributed by atoms with Crippen LogP contribution in [0.4, 0.5) is 0 Å². The molecule has 0 spiro atoms. The van der Waals surface area contributed by atoms with E-state index in [-0.39, 0.29) is 11.9 Å². The van der Waals surface area contributed by atoms with E-state index in [1.807, 2.05) is 56.8 Å². The molecule has 130 valence electrons. The lowest BCUT2D eigenvalue weighted by Gasteiger charge is -2.14. The van der Waals surface area contributed by atoms with Crippen LogP contribution in [0.15, 0.2) is 29.6 Å². The van der Waals surface area contributed by atoms with Crippen LogP contribution < -0.4 is 5.32 Å². The van der Waals surface area contributed by atoms with Crippen LogP contribution in [-0.4, -0.2) is 20.7 Å². The first-order valence-electron chi connectivity index (χ1n) is 7.89. The number of rotatable bonds is 4. The zero-order valence-electron chi connectivity index (χ0n) is 14.5. The summed E-state index contributed by atoms with van der Waals surface area (Å²) in [5.41, 5.74) is 4.38. The molecule has 1 aromatic carbocycles. The highest BCUT2D eigenvalue weighted by molar-refractivity contribution is 7.13. The Labute approximate surface area is 155 Å². The monoisotopic (exact) mass is 374 g/mol. The molecule has 2 aromatic heterocycles. The Bertz CT molecular complexity index is 914. The minimum Gasteiger partial charge on any atom is -0.344 e. The van der Waals surface area contributed by atoms with Crippen LogP contribution >= 0.6 is 22.9 Å². The molecule has 1 amide bonds. The lowest BCUT2D eigenvalue weighted by Crippen LogP contribution is -2.27. The quantitative estimate of drug-likeness (QED) is 0.740. The predicted octanol–water partition coefficient (Wildman–Crippen LogP) is 4.30.